The lowest BCUT2D eigenvalue weighted by molar-refractivity contribution is 0.102. The number of carbonyl (C=O) groups excluding carboxylic acids is 1. The van der Waals surface area contributed by atoms with Crippen LogP contribution in [0.2, 0.25) is 5.15 Å². The Morgan fingerprint density at radius 1 is 1.09 bits per heavy atom. The summed E-state index contributed by atoms with van der Waals surface area (Å²) >= 11 is 6.10. The molecule has 0 unspecified atom stereocenters. The number of carbonyl (C=O) groups is 1. The number of rotatable bonds is 5. The summed E-state index contributed by atoms with van der Waals surface area (Å²) < 4.78 is 0. The van der Waals surface area contributed by atoms with Gasteiger partial charge in [-0.1, -0.05) is 23.7 Å². The molecule has 6 nitrogen and oxygen atoms in total. The fraction of sp³-hybridized carbons (Fsp3) is 0.240. The fourth-order valence-electron chi connectivity index (χ4n) is 3.81. The number of nitrogens with one attached hydrogen (secondary N) is 1. The lowest BCUT2D eigenvalue weighted by atomic mass is 10.1. The third-order valence-corrected chi connectivity index (χ3v) is 5.85. The summed E-state index contributed by atoms with van der Waals surface area (Å²) in [7, 11) is 0. The summed E-state index contributed by atoms with van der Waals surface area (Å²) in [5.74, 6) is -0.274. The van der Waals surface area contributed by atoms with Crippen LogP contribution in [0.4, 0.5) is 11.4 Å². The second-order valence-electron chi connectivity index (χ2n) is 7.87. The molecule has 0 atom stereocenters. The van der Waals surface area contributed by atoms with Crippen LogP contribution in [0, 0.1) is 18.3 Å². The van der Waals surface area contributed by atoms with Gasteiger partial charge in [-0.25, -0.2) is 4.98 Å². The Bertz CT molecular complexity index is 1150. The Hall–Kier alpha value is -3.40. The molecule has 0 saturated carbocycles. The highest BCUT2D eigenvalue weighted by Gasteiger charge is 2.18. The molecular formula is C25H24ClN5O. The monoisotopic (exact) mass is 445 g/mol. The molecule has 0 spiro atoms. The Balaban J connectivity index is 1.32. The summed E-state index contributed by atoms with van der Waals surface area (Å²) in [5, 5.41) is 12.2. The van der Waals surface area contributed by atoms with Crippen LogP contribution in [0.1, 0.15) is 27.2 Å². The average molecular weight is 446 g/mol. The first-order chi connectivity index (χ1) is 15.5. The Labute approximate surface area is 193 Å². The standard InChI is InChI=1S/C25H24ClN5O/c1-18-5-10-23(24(26)28-18)25(32)29-21-6-8-22(9-7-21)31-13-11-30(12-14-31)17-20-4-2-3-19(15-20)16-27/h2-10,15H,11-14,17H2,1H3,(H,29,32). The number of aryl methyl sites for hydroxylation is 1. The number of anilines is 2. The second-order valence-corrected chi connectivity index (χ2v) is 8.23. The van der Waals surface area contributed by atoms with Crippen molar-refractivity contribution in [3.05, 3.63) is 88.2 Å². The zero-order valence-corrected chi connectivity index (χ0v) is 18.6. The number of hydrogen-bond acceptors (Lipinski definition) is 5. The van der Waals surface area contributed by atoms with Gasteiger partial charge in [-0.2, -0.15) is 5.26 Å². The van der Waals surface area contributed by atoms with Gasteiger partial charge in [0.05, 0.1) is 17.2 Å². The number of hydrogen-bond donors (Lipinski definition) is 1. The van der Waals surface area contributed by atoms with E-state index in [2.05, 4.69) is 32.2 Å². The quantitative estimate of drug-likeness (QED) is 0.586. The molecule has 0 aliphatic carbocycles. The molecule has 0 radical (unpaired) electrons. The van der Waals surface area contributed by atoms with Gasteiger partial charge in [0.25, 0.3) is 5.91 Å². The highest BCUT2D eigenvalue weighted by Crippen LogP contribution is 2.22. The summed E-state index contributed by atoms with van der Waals surface area (Å²) in [6.07, 6.45) is 0. The third kappa shape index (κ3) is 5.25. The maximum atomic E-state index is 12.5. The number of halogens is 1. The van der Waals surface area contributed by atoms with Crippen molar-refractivity contribution in [3.8, 4) is 6.07 Å². The number of nitriles is 1. The second kappa shape index (κ2) is 9.82. The van der Waals surface area contributed by atoms with Crippen LogP contribution in [-0.4, -0.2) is 42.0 Å². The minimum absolute atomic E-state index is 0.205. The van der Waals surface area contributed by atoms with E-state index in [1.807, 2.05) is 49.4 Å². The van der Waals surface area contributed by atoms with E-state index in [1.54, 1.807) is 12.1 Å². The molecule has 3 aromatic rings. The van der Waals surface area contributed by atoms with Crippen molar-refractivity contribution in [1.29, 1.82) is 5.26 Å². The first kappa shape index (κ1) is 21.8. The zero-order valence-electron chi connectivity index (χ0n) is 17.9. The molecule has 0 bridgehead atoms. The topological polar surface area (TPSA) is 72.3 Å². The third-order valence-electron chi connectivity index (χ3n) is 5.56. The van der Waals surface area contributed by atoms with Crippen LogP contribution in [0.15, 0.2) is 60.7 Å². The van der Waals surface area contributed by atoms with Gasteiger partial charge in [-0.3, -0.25) is 9.69 Å². The van der Waals surface area contributed by atoms with Crippen LogP contribution < -0.4 is 10.2 Å². The number of aromatic nitrogens is 1. The molecule has 4 rings (SSSR count). The zero-order chi connectivity index (χ0) is 22.5. The molecule has 1 N–H and O–H groups in total. The Kier molecular flexibility index (Phi) is 6.69. The molecule has 1 saturated heterocycles. The van der Waals surface area contributed by atoms with E-state index in [-0.39, 0.29) is 11.1 Å². The number of amides is 1. The first-order valence-corrected chi connectivity index (χ1v) is 10.9. The molecule has 2 aromatic carbocycles. The summed E-state index contributed by atoms with van der Waals surface area (Å²) in [6, 6.07) is 21.3. The van der Waals surface area contributed by atoms with Crippen molar-refractivity contribution in [2.24, 2.45) is 0 Å². The Morgan fingerprint density at radius 2 is 1.84 bits per heavy atom. The van der Waals surface area contributed by atoms with Crippen molar-refractivity contribution in [3.63, 3.8) is 0 Å². The summed E-state index contributed by atoms with van der Waals surface area (Å²) in [5.41, 5.74) is 4.84. The first-order valence-electron chi connectivity index (χ1n) is 10.5. The van der Waals surface area contributed by atoms with Crippen molar-refractivity contribution >= 4 is 28.9 Å². The molecular weight excluding hydrogens is 422 g/mol. The SMILES string of the molecule is Cc1ccc(C(=O)Nc2ccc(N3CCN(Cc4cccc(C#N)c4)CC3)cc2)c(Cl)n1. The van der Waals surface area contributed by atoms with E-state index in [9.17, 15) is 4.79 Å². The van der Waals surface area contributed by atoms with E-state index in [0.717, 1.165) is 44.1 Å². The van der Waals surface area contributed by atoms with Gasteiger partial charge in [0, 0.05) is 49.8 Å². The highest BCUT2D eigenvalue weighted by molar-refractivity contribution is 6.33. The van der Waals surface area contributed by atoms with E-state index >= 15 is 0 Å². The van der Waals surface area contributed by atoms with Gasteiger partial charge in [0.15, 0.2) is 0 Å². The highest BCUT2D eigenvalue weighted by atomic mass is 35.5. The average Bonchev–Trinajstić information content (AvgIpc) is 2.80. The van der Waals surface area contributed by atoms with Crippen molar-refractivity contribution in [2.45, 2.75) is 13.5 Å². The minimum atomic E-state index is -0.274. The van der Waals surface area contributed by atoms with E-state index in [0.29, 0.717) is 16.8 Å². The summed E-state index contributed by atoms with van der Waals surface area (Å²) in [6.45, 7) is 6.44. The van der Waals surface area contributed by atoms with Crippen LogP contribution in [0.25, 0.3) is 0 Å². The molecule has 2 heterocycles. The molecule has 1 aliphatic rings. The van der Waals surface area contributed by atoms with Crippen LogP contribution >= 0.6 is 11.6 Å². The van der Waals surface area contributed by atoms with Crippen LogP contribution in [-0.2, 0) is 6.54 Å². The van der Waals surface area contributed by atoms with Crippen molar-refractivity contribution in [2.75, 3.05) is 36.4 Å². The minimum Gasteiger partial charge on any atom is -0.369 e. The molecule has 1 amide bonds. The number of piperazine rings is 1. The molecule has 1 aliphatic heterocycles. The normalized spacial score (nSPS) is 14.1. The number of benzene rings is 2. The van der Waals surface area contributed by atoms with E-state index < -0.39 is 0 Å². The summed E-state index contributed by atoms with van der Waals surface area (Å²) in [4.78, 5) is 21.4. The van der Waals surface area contributed by atoms with Crippen molar-refractivity contribution in [1.82, 2.24) is 9.88 Å². The lowest BCUT2D eigenvalue weighted by Gasteiger charge is -2.36. The number of pyridine rings is 1. The Morgan fingerprint density at radius 3 is 2.53 bits per heavy atom. The van der Waals surface area contributed by atoms with Gasteiger partial charge in [0.2, 0.25) is 0 Å². The molecule has 7 heteroatoms. The van der Waals surface area contributed by atoms with Gasteiger partial charge >= 0.3 is 0 Å². The van der Waals surface area contributed by atoms with Gasteiger partial charge in [0.1, 0.15) is 5.15 Å². The van der Waals surface area contributed by atoms with E-state index in [4.69, 9.17) is 16.9 Å². The largest absolute Gasteiger partial charge is 0.369 e. The molecule has 32 heavy (non-hydrogen) atoms. The predicted octanol–water partition coefficient (Wildman–Crippen LogP) is 4.49. The lowest BCUT2D eigenvalue weighted by Crippen LogP contribution is -2.45. The molecule has 1 aromatic heterocycles. The van der Waals surface area contributed by atoms with Crippen LogP contribution in [0.3, 0.4) is 0 Å². The number of nitrogens with zero attached hydrogens (tertiary/aromatic N) is 4. The van der Waals surface area contributed by atoms with Gasteiger partial charge in [-0.15, -0.1) is 0 Å². The fourth-order valence-corrected chi connectivity index (χ4v) is 4.09. The predicted molar refractivity (Wildman–Crippen MR) is 127 cm³/mol. The van der Waals surface area contributed by atoms with Gasteiger partial charge < -0.3 is 10.2 Å². The molecule has 1 fully saturated rings. The smallest absolute Gasteiger partial charge is 0.258 e. The maximum absolute atomic E-state index is 12.5. The van der Waals surface area contributed by atoms with Crippen molar-refractivity contribution < 1.29 is 4.79 Å². The maximum Gasteiger partial charge on any atom is 0.258 e. The molecule has 162 valence electrons. The van der Waals surface area contributed by atoms with E-state index in [1.165, 1.54) is 5.56 Å². The van der Waals surface area contributed by atoms with Gasteiger partial charge in [-0.05, 0) is 61.0 Å². The van der Waals surface area contributed by atoms with Crippen LogP contribution in [0.5, 0.6) is 0 Å².